The van der Waals surface area contributed by atoms with Gasteiger partial charge in [0.15, 0.2) is 0 Å². The predicted octanol–water partition coefficient (Wildman–Crippen LogP) is 3.83. The van der Waals surface area contributed by atoms with Crippen LogP contribution in [0.2, 0.25) is 0 Å². The molecule has 0 unspecified atom stereocenters. The third-order valence-corrected chi connectivity index (χ3v) is 2.98. The highest BCUT2D eigenvalue weighted by atomic mass is 16.5. The highest BCUT2D eigenvalue weighted by Gasteiger charge is 2.05. The fourth-order valence-corrected chi connectivity index (χ4v) is 1.91. The van der Waals surface area contributed by atoms with E-state index in [0.717, 1.165) is 0 Å². The molecule has 1 aromatic heterocycles. The van der Waals surface area contributed by atoms with Gasteiger partial charge in [0.05, 0.1) is 23.8 Å². The van der Waals surface area contributed by atoms with Crippen LogP contribution in [0.15, 0.2) is 67.0 Å². The van der Waals surface area contributed by atoms with E-state index in [-0.39, 0.29) is 0 Å². The zero-order chi connectivity index (χ0) is 15.4. The summed E-state index contributed by atoms with van der Waals surface area (Å²) in [7, 11) is 0. The van der Waals surface area contributed by atoms with Gasteiger partial charge in [0.1, 0.15) is 23.0 Å². The van der Waals surface area contributed by atoms with Crippen LogP contribution in [0.25, 0.3) is 0 Å². The van der Waals surface area contributed by atoms with Gasteiger partial charge >= 0.3 is 0 Å². The minimum Gasteiger partial charge on any atom is -0.453 e. The largest absolute Gasteiger partial charge is 0.453 e. The molecular weight excluding hydrogens is 278 g/mol. The average molecular weight is 293 g/mol. The molecule has 3 rings (SSSR count). The van der Waals surface area contributed by atoms with Gasteiger partial charge in [-0.3, -0.25) is 4.98 Å². The maximum Gasteiger partial charge on any atom is 0.150 e. The smallest absolute Gasteiger partial charge is 0.150 e. The van der Waals surface area contributed by atoms with Crippen LogP contribution in [0, 0.1) is 0 Å². The second-order valence-corrected chi connectivity index (χ2v) is 4.64. The number of anilines is 2. The molecule has 0 spiro atoms. The highest BCUT2D eigenvalue weighted by molar-refractivity contribution is 5.55. The fourth-order valence-electron chi connectivity index (χ4n) is 1.91. The van der Waals surface area contributed by atoms with E-state index in [4.69, 9.17) is 20.9 Å². The van der Waals surface area contributed by atoms with Crippen LogP contribution in [0.3, 0.4) is 0 Å². The maximum absolute atomic E-state index is 5.86. The van der Waals surface area contributed by atoms with Crippen molar-refractivity contribution in [1.82, 2.24) is 4.98 Å². The van der Waals surface area contributed by atoms with E-state index in [2.05, 4.69) is 4.98 Å². The first kappa shape index (κ1) is 13.8. The van der Waals surface area contributed by atoms with Crippen LogP contribution in [0.4, 0.5) is 11.4 Å². The van der Waals surface area contributed by atoms with Crippen molar-refractivity contribution in [3.05, 3.63) is 67.0 Å². The number of nitrogens with two attached hydrogens (primary N) is 2. The normalized spacial score (nSPS) is 10.2. The topological polar surface area (TPSA) is 83.4 Å². The number of hydrogen-bond acceptors (Lipinski definition) is 5. The summed E-state index contributed by atoms with van der Waals surface area (Å²) >= 11 is 0. The van der Waals surface area contributed by atoms with E-state index in [9.17, 15) is 0 Å². The number of benzene rings is 2. The number of rotatable bonds is 4. The molecular formula is C17H15N3O2. The number of ether oxygens (including phenoxy) is 2. The SMILES string of the molecule is Nc1ccccc1Oc1cncc(Oc2ccccc2N)c1. The molecule has 0 radical (unpaired) electrons. The quantitative estimate of drug-likeness (QED) is 0.714. The molecule has 22 heavy (non-hydrogen) atoms. The first-order valence-corrected chi connectivity index (χ1v) is 6.72. The van der Waals surface area contributed by atoms with Crippen molar-refractivity contribution in [1.29, 1.82) is 0 Å². The van der Waals surface area contributed by atoms with E-state index >= 15 is 0 Å². The third kappa shape index (κ3) is 3.09. The zero-order valence-electron chi connectivity index (χ0n) is 11.8. The Morgan fingerprint density at radius 1 is 0.682 bits per heavy atom. The van der Waals surface area contributed by atoms with Crippen molar-refractivity contribution >= 4 is 11.4 Å². The van der Waals surface area contributed by atoms with Gasteiger partial charge in [-0.15, -0.1) is 0 Å². The van der Waals surface area contributed by atoms with Gasteiger partial charge in [0.25, 0.3) is 0 Å². The van der Waals surface area contributed by atoms with Gasteiger partial charge in [0.2, 0.25) is 0 Å². The van der Waals surface area contributed by atoms with Crippen molar-refractivity contribution < 1.29 is 9.47 Å². The summed E-state index contributed by atoms with van der Waals surface area (Å²) in [6.07, 6.45) is 3.18. The van der Waals surface area contributed by atoms with Gasteiger partial charge in [-0.05, 0) is 24.3 Å². The minimum absolute atomic E-state index is 0.532. The molecule has 2 aromatic carbocycles. The average Bonchev–Trinajstić information content (AvgIpc) is 2.52. The van der Waals surface area contributed by atoms with Gasteiger partial charge in [-0.2, -0.15) is 0 Å². The van der Waals surface area contributed by atoms with E-state index in [1.54, 1.807) is 42.7 Å². The molecule has 5 nitrogen and oxygen atoms in total. The number of aromatic nitrogens is 1. The van der Waals surface area contributed by atoms with Crippen molar-refractivity contribution in [2.75, 3.05) is 11.5 Å². The number of hydrogen-bond donors (Lipinski definition) is 2. The van der Waals surface area contributed by atoms with Gasteiger partial charge < -0.3 is 20.9 Å². The molecule has 0 aliphatic carbocycles. The molecule has 0 bridgehead atoms. The summed E-state index contributed by atoms with van der Waals surface area (Å²) in [4.78, 5) is 4.10. The molecule has 4 N–H and O–H groups in total. The summed E-state index contributed by atoms with van der Waals surface area (Å²) < 4.78 is 11.4. The Kier molecular flexibility index (Phi) is 3.78. The molecule has 0 saturated carbocycles. The van der Waals surface area contributed by atoms with E-state index in [1.165, 1.54) is 0 Å². The standard InChI is InChI=1S/C17H15N3O2/c18-14-5-1-3-7-16(14)21-12-9-13(11-20-10-12)22-17-8-4-2-6-15(17)19/h1-11H,18-19H2. The van der Waals surface area contributed by atoms with Gasteiger partial charge in [-0.25, -0.2) is 0 Å². The minimum atomic E-state index is 0.532. The van der Waals surface area contributed by atoms with E-state index in [0.29, 0.717) is 34.4 Å². The number of nitrogen functional groups attached to an aromatic ring is 2. The fraction of sp³-hybridized carbons (Fsp3) is 0. The summed E-state index contributed by atoms with van der Waals surface area (Å²) in [6.45, 7) is 0. The van der Waals surface area contributed by atoms with Crippen molar-refractivity contribution in [3.63, 3.8) is 0 Å². The second-order valence-electron chi connectivity index (χ2n) is 4.64. The Bertz CT molecular complexity index is 727. The van der Waals surface area contributed by atoms with Crippen LogP contribution in [-0.2, 0) is 0 Å². The first-order valence-electron chi connectivity index (χ1n) is 6.72. The lowest BCUT2D eigenvalue weighted by atomic mass is 10.3. The molecule has 0 atom stereocenters. The molecule has 0 aliphatic heterocycles. The van der Waals surface area contributed by atoms with Crippen LogP contribution in [-0.4, -0.2) is 4.98 Å². The molecule has 0 fully saturated rings. The monoisotopic (exact) mass is 293 g/mol. The van der Waals surface area contributed by atoms with Crippen LogP contribution >= 0.6 is 0 Å². The molecule has 3 aromatic rings. The van der Waals surface area contributed by atoms with Crippen molar-refractivity contribution in [3.8, 4) is 23.0 Å². The Balaban J connectivity index is 1.81. The molecule has 0 saturated heterocycles. The van der Waals surface area contributed by atoms with Crippen molar-refractivity contribution in [2.24, 2.45) is 0 Å². The molecule has 0 amide bonds. The van der Waals surface area contributed by atoms with Crippen LogP contribution in [0.1, 0.15) is 0 Å². The Hall–Kier alpha value is -3.21. The molecule has 5 heteroatoms. The molecule has 1 heterocycles. The van der Waals surface area contributed by atoms with Crippen LogP contribution in [0.5, 0.6) is 23.0 Å². The summed E-state index contributed by atoms with van der Waals surface area (Å²) in [6, 6.07) is 16.2. The zero-order valence-corrected chi connectivity index (χ0v) is 11.8. The third-order valence-electron chi connectivity index (χ3n) is 2.98. The maximum atomic E-state index is 5.86. The lowest BCUT2D eigenvalue weighted by Crippen LogP contribution is -1.94. The number of para-hydroxylation sites is 4. The summed E-state index contributed by atoms with van der Waals surface area (Å²) in [5.74, 6) is 2.20. The van der Waals surface area contributed by atoms with Crippen molar-refractivity contribution in [2.45, 2.75) is 0 Å². The molecule has 110 valence electrons. The van der Waals surface area contributed by atoms with E-state index < -0.39 is 0 Å². The summed E-state index contributed by atoms with van der Waals surface area (Å²) in [5, 5.41) is 0. The Labute approximate surface area is 128 Å². The lowest BCUT2D eigenvalue weighted by molar-refractivity contribution is 0.458. The van der Waals surface area contributed by atoms with E-state index in [1.807, 2.05) is 24.3 Å². The summed E-state index contributed by atoms with van der Waals surface area (Å²) in [5.41, 5.74) is 12.8. The lowest BCUT2D eigenvalue weighted by Gasteiger charge is -2.10. The van der Waals surface area contributed by atoms with Gasteiger partial charge in [-0.1, -0.05) is 24.3 Å². The molecule has 0 aliphatic rings. The highest BCUT2D eigenvalue weighted by Crippen LogP contribution is 2.31. The first-order chi connectivity index (χ1) is 10.7. The van der Waals surface area contributed by atoms with Crippen LogP contribution < -0.4 is 20.9 Å². The Morgan fingerprint density at radius 3 is 1.59 bits per heavy atom. The predicted molar refractivity (Wildman–Crippen MR) is 86.1 cm³/mol. The Morgan fingerprint density at radius 2 is 1.14 bits per heavy atom. The number of pyridine rings is 1. The number of nitrogens with zero attached hydrogens (tertiary/aromatic N) is 1. The van der Waals surface area contributed by atoms with Gasteiger partial charge in [0, 0.05) is 6.07 Å². The second kappa shape index (κ2) is 6.05.